The van der Waals surface area contributed by atoms with Gasteiger partial charge in [-0.25, -0.2) is 0 Å². The monoisotopic (exact) mass is 297 g/mol. The van der Waals surface area contributed by atoms with Crippen molar-refractivity contribution in [3.63, 3.8) is 0 Å². The van der Waals surface area contributed by atoms with E-state index in [1.165, 1.54) is 0 Å². The van der Waals surface area contributed by atoms with E-state index in [0.29, 0.717) is 12.1 Å². The Morgan fingerprint density at radius 1 is 1.05 bits per heavy atom. The summed E-state index contributed by atoms with van der Waals surface area (Å²) >= 11 is 0. The Morgan fingerprint density at radius 2 is 1.64 bits per heavy atom. The van der Waals surface area contributed by atoms with Gasteiger partial charge >= 0.3 is 0 Å². The van der Waals surface area contributed by atoms with Gasteiger partial charge in [0.1, 0.15) is 6.10 Å². The first-order chi connectivity index (χ1) is 10.7. The van der Waals surface area contributed by atoms with Crippen LogP contribution in [0.15, 0.2) is 60.7 Å². The van der Waals surface area contributed by atoms with E-state index in [9.17, 15) is 15.0 Å². The van der Waals surface area contributed by atoms with Crippen LogP contribution in [0.25, 0.3) is 0 Å². The number of hydrogen-bond acceptors (Lipinski definition) is 3. The Balaban J connectivity index is 1.85. The third kappa shape index (κ3) is 2.89. The molecular weight excluding hydrogens is 278 g/mol. The first-order valence-corrected chi connectivity index (χ1v) is 7.41. The summed E-state index contributed by atoms with van der Waals surface area (Å²) in [6, 6.07) is 18.1. The molecule has 1 aliphatic heterocycles. The minimum Gasteiger partial charge on any atom is -0.390 e. The summed E-state index contributed by atoms with van der Waals surface area (Å²) in [5.74, 6) is -0.128. The lowest BCUT2D eigenvalue weighted by Crippen LogP contribution is -2.41. The molecule has 2 aromatic rings. The molecule has 0 aromatic heterocycles. The summed E-state index contributed by atoms with van der Waals surface area (Å²) in [4.78, 5) is 13.8. The maximum atomic E-state index is 12.2. The average molecular weight is 297 g/mol. The Labute approximate surface area is 129 Å². The number of aliphatic hydroxyl groups excluding tert-OH is 2. The zero-order valence-corrected chi connectivity index (χ0v) is 12.2. The fourth-order valence-electron chi connectivity index (χ4n) is 2.99. The van der Waals surface area contributed by atoms with Crippen molar-refractivity contribution in [3.05, 3.63) is 71.8 Å². The van der Waals surface area contributed by atoms with Crippen molar-refractivity contribution < 1.29 is 15.0 Å². The van der Waals surface area contributed by atoms with Crippen LogP contribution in [0, 0.1) is 0 Å². The highest BCUT2D eigenvalue weighted by atomic mass is 16.3. The molecule has 1 heterocycles. The quantitative estimate of drug-likeness (QED) is 0.906. The van der Waals surface area contributed by atoms with Gasteiger partial charge in [0.25, 0.3) is 0 Å². The summed E-state index contributed by atoms with van der Waals surface area (Å²) in [6.07, 6.45) is -1.70. The van der Waals surface area contributed by atoms with E-state index in [1.807, 2.05) is 48.5 Å². The van der Waals surface area contributed by atoms with Crippen molar-refractivity contribution in [3.8, 4) is 0 Å². The molecule has 1 fully saturated rings. The van der Waals surface area contributed by atoms with Crippen molar-refractivity contribution in [1.29, 1.82) is 0 Å². The maximum absolute atomic E-state index is 12.2. The summed E-state index contributed by atoms with van der Waals surface area (Å²) in [5.41, 5.74) is 1.69. The van der Waals surface area contributed by atoms with Crippen molar-refractivity contribution in [2.75, 3.05) is 0 Å². The number of rotatable bonds is 4. The van der Waals surface area contributed by atoms with E-state index in [4.69, 9.17) is 0 Å². The van der Waals surface area contributed by atoms with Gasteiger partial charge in [-0.3, -0.25) is 4.79 Å². The third-order valence-corrected chi connectivity index (χ3v) is 4.12. The van der Waals surface area contributed by atoms with Crippen LogP contribution in [-0.2, 0) is 11.3 Å². The van der Waals surface area contributed by atoms with Gasteiger partial charge < -0.3 is 15.1 Å². The molecule has 2 N–H and O–H groups in total. The van der Waals surface area contributed by atoms with Crippen molar-refractivity contribution in [1.82, 2.24) is 4.90 Å². The van der Waals surface area contributed by atoms with Crippen LogP contribution < -0.4 is 0 Å². The number of amides is 1. The second kappa shape index (κ2) is 6.30. The van der Waals surface area contributed by atoms with Crippen LogP contribution in [-0.4, -0.2) is 33.2 Å². The molecule has 2 aromatic carbocycles. The van der Waals surface area contributed by atoms with Crippen molar-refractivity contribution in [2.24, 2.45) is 0 Å². The number of nitrogens with zero attached hydrogens (tertiary/aromatic N) is 1. The van der Waals surface area contributed by atoms with Crippen molar-refractivity contribution >= 4 is 5.91 Å². The predicted molar refractivity (Wildman–Crippen MR) is 82.8 cm³/mol. The van der Waals surface area contributed by atoms with Gasteiger partial charge in [0.15, 0.2) is 0 Å². The smallest absolute Gasteiger partial charge is 0.226 e. The Morgan fingerprint density at radius 3 is 2.27 bits per heavy atom. The van der Waals surface area contributed by atoms with Crippen LogP contribution in [0.2, 0.25) is 0 Å². The van der Waals surface area contributed by atoms with E-state index < -0.39 is 18.2 Å². The molecule has 0 bridgehead atoms. The van der Waals surface area contributed by atoms with Crippen LogP contribution in [0.5, 0.6) is 0 Å². The minimum atomic E-state index is -0.897. The lowest BCUT2D eigenvalue weighted by atomic mass is 9.98. The van der Waals surface area contributed by atoms with Crippen LogP contribution >= 0.6 is 0 Å². The van der Waals surface area contributed by atoms with Crippen LogP contribution in [0.1, 0.15) is 23.7 Å². The number of carbonyl (C=O) groups is 1. The first-order valence-electron chi connectivity index (χ1n) is 7.41. The molecule has 1 amide bonds. The predicted octanol–water partition coefficient (Wildman–Crippen LogP) is 1.88. The van der Waals surface area contributed by atoms with Gasteiger partial charge in [-0.15, -0.1) is 0 Å². The molecular formula is C18H19NO3. The zero-order valence-electron chi connectivity index (χ0n) is 12.2. The topological polar surface area (TPSA) is 60.8 Å². The molecule has 0 spiro atoms. The van der Waals surface area contributed by atoms with Crippen LogP contribution in [0.3, 0.4) is 0 Å². The Bertz CT molecular complexity index is 629. The third-order valence-electron chi connectivity index (χ3n) is 4.12. The van der Waals surface area contributed by atoms with E-state index >= 15 is 0 Å². The molecule has 1 aliphatic rings. The Kier molecular flexibility index (Phi) is 4.22. The zero-order chi connectivity index (χ0) is 15.5. The van der Waals surface area contributed by atoms with Crippen LogP contribution in [0.4, 0.5) is 0 Å². The average Bonchev–Trinajstić information content (AvgIpc) is 2.82. The summed E-state index contributed by atoms with van der Waals surface area (Å²) in [5, 5.41) is 20.8. The Hall–Kier alpha value is -2.17. The normalized spacial score (nSPS) is 22.8. The molecule has 0 saturated carbocycles. The van der Waals surface area contributed by atoms with Gasteiger partial charge in [-0.05, 0) is 11.1 Å². The second-order valence-corrected chi connectivity index (χ2v) is 5.62. The fraction of sp³-hybridized carbons (Fsp3) is 0.278. The standard InChI is InChI=1S/C18H19NO3/c20-15-11-16(21)19(12-13-7-3-1-4-8-13)17(15)18(22)14-9-5-2-6-10-14/h1-10,15,17-18,20,22H,11-12H2/t15-,17?,18-/m0/s1. The number of benzene rings is 2. The molecule has 22 heavy (non-hydrogen) atoms. The maximum Gasteiger partial charge on any atom is 0.226 e. The summed E-state index contributed by atoms with van der Waals surface area (Å²) < 4.78 is 0. The van der Waals surface area contributed by atoms with E-state index in [-0.39, 0.29) is 12.3 Å². The first kappa shape index (κ1) is 14.8. The van der Waals surface area contributed by atoms with E-state index in [2.05, 4.69) is 0 Å². The number of hydrogen-bond donors (Lipinski definition) is 2. The SMILES string of the molecule is O=C1C[C@H](O)C([C@@H](O)c2ccccc2)N1Cc1ccccc1. The fourth-order valence-corrected chi connectivity index (χ4v) is 2.99. The molecule has 0 radical (unpaired) electrons. The molecule has 4 heteroatoms. The lowest BCUT2D eigenvalue weighted by Gasteiger charge is -2.30. The number of aliphatic hydroxyl groups is 2. The minimum absolute atomic E-state index is 0.0569. The molecule has 1 unspecified atom stereocenters. The molecule has 114 valence electrons. The van der Waals surface area contributed by atoms with E-state index in [1.54, 1.807) is 17.0 Å². The highest BCUT2D eigenvalue weighted by molar-refractivity contribution is 5.80. The molecule has 4 nitrogen and oxygen atoms in total. The van der Waals surface area contributed by atoms with Gasteiger partial charge in [-0.2, -0.15) is 0 Å². The summed E-state index contributed by atoms with van der Waals surface area (Å²) in [6.45, 7) is 0.394. The molecule has 1 saturated heterocycles. The largest absolute Gasteiger partial charge is 0.390 e. The van der Waals surface area contributed by atoms with Crippen molar-refractivity contribution in [2.45, 2.75) is 31.2 Å². The van der Waals surface area contributed by atoms with Gasteiger partial charge in [-0.1, -0.05) is 60.7 Å². The van der Waals surface area contributed by atoms with E-state index in [0.717, 1.165) is 5.56 Å². The molecule has 3 rings (SSSR count). The van der Waals surface area contributed by atoms with Gasteiger partial charge in [0, 0.05) is 6.54 Å². The van der Waals surface area contributed by atoms with Gasteiger partial charge in [0.2, 0.25) is 5.91 Å². The molecule has 0 aliphatic carbocycles. The second-order valence-electron chi connectivity index (χ2n) is 5.62. The lowest BCUT2D eigenvalue weighted by molar-refractivity contribution is -0.131. The number of carbonyl (C=O) groups excluding carboxylic acids is 1. The number of likely N-dealkylation sites (tertiary alicyclic amines) is 1. The van der Waals surface area contributed by atoms with Gasteiger partial charge in [0.05, 0.1) is 18.6 Å². The molecule has 3 atom stereocenters. The highest BCUT2D eigenvalue weighted by Crippen LogP contribution is 2.31. The highest BCUT2D eigenvalue weighted by Gasteiger charge is 2.43. The summed E-state index contributed by atoms with van der Waals surface area (Å²) in [7, 11) is 0.